The van der Waals surface area contributed by atoms with Crippen LogP contribution in [0.15, 0.2) is 36.4 Å². The molecule has 1 aliphatic rings. The van der Waals surface area contributed by atoms with Gasteiger partial charge >= 0.3 is 0 Å². The number of anilines is 2. The van der Waals surface area contributed by atoms with Gasteiger partial charge < -0.3 is 10.1 Å². The number of benzene rings is 1. The van der Waals surface area contributed by atoms with Crippen molar-refractivity contribution in [1.82, 2.24) is 29.7 Å². The number of nitrogens with one attached hydrogen (secondary N) is 2. The van der Waals surface area contributed by atoms with Gasteiger partial charge in [-0.2, -0.15) is 10.2 Å². The van der Waals surface area contributed by atoms with Crippen molar-refractivity contribution in [2.24, 2.45) is 0 Å². The number of halogens is 1. The molecule has 1 saturated heterocycles. The Balaban J connectivity index is 1.56. The number of aryl methyl sites for hydroxylation is 2. The van der Waals surface area contributed by atoms with Gasteiger partial charge in [0, 0.05) is 49.4 Å². The molecule has 9 heteroatoms. The van der Waals surface area contributed by atoms with E-state index in [4.69, 9.17) is 14.8 Å². The third-order valence-electron chi connectivity index (χ3n) is 5.68. The lowest BCUT2D eigenvalue weighted by Gasteiger charge is -2.26. The SMILES string of the molecule is Cc1cc(Nc2cc(CN3CCOCC3)n3nc(C)c(Cc4cccc(F)c4)c3n2)n[nH]1. The van der Waals surface area contributed by atoms with Crippen LogP contribution < -0.4 is 5.32 Å². The third kappa shape index (κ3) is 4.35. The summed E-state index contributed by atoms with van der Waals surface area (Å²) in [7, 11) is 0. The fraction of sp³-hybridized carbons (Fsp3) is 0.348. The van der Waals surface area contributed by atoms with Crippen molar-refractivity contribution in [1.29, 1.82) is 0 Å². The quantitative estimate of drug-likeness (QED) is 0.483. The summed E-state index contributed by atoms with van der Waals surface area (Å²) in [5.41, 5.74) is 5.53. The number of aromatic amines is 1. The standard InChI is InChI=1S/C23H26FN7O/c1-15-10-22(28-27-15)25-21-13-19(14-30-6-8-32-9-7-30)31-23(26-21)20(16(2)29-31)12-17-4-3-5-18(24)11-17/h3-5,10-11,13H,6-9,12,14H2,1-2H3,(H2,25,26,27,28). The maximum absolute atomic E-state index is 13.8. The summed E-state index contributed by atoms with van der Waals surface area (Å²) < 4.78 is 21.2. The van der Waals surface area contributed by atoms with E-state index in [1.54, 1.807) is 12.1 Å². The van der Waals surface area contributed by atoms with Crippen molar-refractivity contribution >= 4 is 17.3 Å². The van der Waals surface area contributed by atoms with E-state index in [1.807, 2.05) is 36.6 Å². The molecule has 1 fully saturated rings. The second kappa shape index (κ2) is 8.68. The van der Waals surface area contributed by atoms with E-state index in [0.29, 0.717) is 18.1 Å². The number of nitrogens with zero attached hydrogens (tertiary/aromatic N) is 5. The van der Waals surface area contributed by atoms with E-state index in [1.165, 1.54) is 6.07 Å². The molecule has 0 saturated carbocycles. The van der Waals surface area contributed by atoms with Gasteiger partial charge in [0.25, 0.3) is 0 Å². The Morgan fingerprint density at radius 3 is 2.72 bits per heavy atom. The van der Waals surface area contributed by atoms with E-state index in [-0.39, 0.29) is 5.82 Å². The molecule has 8 nitrogen and oxygen atoms in total. The first-order valence-corrected chi connectivity index (χ1v) is 10.8. The molecule has 2 N–H and O–H groups in total. The maximum Gasteiger partial charge on any atom is 0.161 e. The Labute approximate surface area is 185 Å². The zero-order chi connectivity index (χ0) is 22.1. The molecule has 5 rings (SSSR count). The molecule has 0 spiro atoms. The fourth-order valence-corrected chi connectivity index (χ4v) is 4.06. The van der Waals surface area contributed by atoms with Crippen LogP contribution in [0.3, 0.4) is 0 Å². The number of hydrogen-bond donors (Lipinski definition) is 2. The van der Waals surface area contributed by atoms with Crippen LogP contribution in [0.25, 0.3) is 5.65 Å². The molecule has 32 heavy (non-hydrogen) atoms. The monoisotopic (exact) mass is 435 g/mol. The highest BCUT2D eigenvalue weighted by Crippen LogP contribution is 2.24. The molecule has 0 bridgehead atoms. The number of hydrogen-bond acceptors (Lipinski definition) is 6. The predicted octanol–water partition coefficient (Wildman–Crippen LogP) is 3.37. The number of rotatable bonds is 6. The molecule has 1 aromatic carbocycles. The smallest absolute Gasteiger partial charge is 0.161 e. The molecule has 166 valence electrons. The number of ether oxygens (including phenoxy) is 1. The summed E-state index contributed by atoms with van der Waals surface area (Å²) in [5.74, 6) is 1.17. The molecule has 4 heterocycles. The van der Waals surface area contributed by atoms with Crippen LogP contribution in [-0.4, -0.2) is 56.0 Å². The van der Waals surface area contributed by atoms with Crippen molar-refractivity contribution in [3.63, 3.8) is 0 Å². The van der Waals surface area contributed by atoms with Crippen molar-refractivity contribution in [2.75, 3.05) is 31.6 Å². The molecular formula is C23H26FN7O. The molecule has 4 aromatic rings. The Morgan fingerprint density at radius 1 is 1.12 bits per heavy atom. The van der Waals surface area contributed by atoms with Gasteiger partial charge in [-0.15, -0.1) is 0 Å². The van der Waals surface area contributed by atoms with Gasteiger partial charge in [0.05, 0.1) is 24.6 Å². The zero-order valence-electron chi connectivity index (χ0n) is 18.2. The van der Waals surface area contributed by atoms with Gasteiger partial charge in [-0.05, 0) is 31.5 Å². The van der Waals surface area contributed by atoms with Crippen LogP contribution in [0.1, 0.15) is 28.2 Å². The number of aromatic nitrogens is 5. The lowest BCUT2D eigenvalue weighted by Crippen LogP contribution is -2.36. The number of H-pyrrole nitrogens is 1. The second-order valence-electron chi connectivity index (χ2n) is 8.19. The summed E-state index contributed by atoms with van der Waals surface area (Å²) in [5, 5.41) is 15.3. The lowest BCUT2D eigenvalue weighted by atomic mass is 10.1. The maximum atomic E-state index is 13.8. The Hall–Kier alpha value is -3.30. The van der Waals surface area contributed by atoms with Crippen molar-refractivity contribution in [2.45, 2.75) is 26.8 Å². The average molecular weight is 436 g/mol. The van der Waals surface area contributed by atoms with Crippen LogP contribution in [0.4, 0.5) is 16.0 Å². The van der Waals surface area contributed by atoms with Gasteiger partial charge in [0.15, 0.2) is 11.5 Å². The van der Waals surface area contributed by atoms with Crippen LogP contribution in [0.2, 0.25) is 0 Å². The van der Waals surface area contributed by atoms with E-state index in [2.05, 4.69) is 20.4 Å². The minimum absolute atomic E-state index is 0.242. The van der Waals surface area contributed by atoms with Crippen molar-refractivity contribution in [3.8, 4) is 0 Å². The van der Waals surface area contributed by atoms with Gasteiger partial charge in [-0.25, -0.2) is 13.9 Å². The molecular weight excluding hydrogens is 409 g/mol. The largest absolute Gasteiger partial charge is 0.379 e. The number of morpholine rings is 1. The summed E-state index contributed by atoms with van der Waals surface area (Å²) in [6, 6.07) is 10.6. The van der Waals surface area contributed by atoms with Gasteiger partial charge in [0.2, 0.25) is 0 Å². The Bertz CT molecular complexity index is 1240. The van der Waals surface area contributed by atoms with Crippen LogP contribution in [-0.2, 0) is 17.7 Å². The van der Waals surface area contributed by atoms with Crippen molar-refractivity contribution in [3.05, 3.63) is 70.4 Å². The van der Waals surface area contributed by atoms with E-state index in [0.717, 1.165) is 66.7 Å². The molecule has 3 aromatic heterocycles. The fourth-order valence-electron chi connectivity index (χ4n) is 4.06. The summed E-state index contributed by atoms with van der Waals surface area (Å²) in [6.07, 6.45) is 0.558. The minimum atomic E-state index is -0.242. The van der Waals surface area contributed by atoms with Crippen molar-refractivity contribution < 1.29 is 9.13 Å². The predicted molar refractivity (Wildman–Crippen MR) is 120 cm³/mol. The first-order chi connectivity index (χ1) is 15.5. The number of fused-ring (bicyclic) bond motifs is 1. The first-order valence-electron chi connectivity index (χ1n) is 10.8. The highest BCUT2D eigenvalue weighted by molar-refractivity contribution is 5.60. The lowest BCUT2D eigenvalue weighted by molar-refractivity contribution is 0.0334. The van der Waals surface area contributed by atoms with Gasteiger partial charge in [-0.3, -0.25) is 10.00 Å². The summed E-state index contributed by atoms with van der Waals surface area (Å²) >= 11 is 0. The van der Waals surface area contributed by atoms with Crippen LogP contribution in [0.5, 0.6) is 0 Å². The average Bonchev–Trinajstić information content (AvgIpc) is 3.32. The normalized spacial score (nSPS) is 14.8. The molecule has 0 radical (unpaired) electrons. The van der Waals surface area contributed by atoms with Gasteiger partial charge in [0.1, 0.15) is 11.6 Å². The summed E-state index contributed by atoms with van der Waals surface area (Å²) in [6.45, 7) is 7.88. The Morgan fingerprint density at radius 2 is 1.97 bits per heavy atom. The highest BCUT2D eigenvalue weighted by Gasteiger charge is 2.19. The molecule has 1 aliphatic heterocycles. The van der Waals surface area contributed by atoms with Crippen LogP contribution >= 0.6 is 0 Å². The molecule has 0 unspecified atom stereocenters. The first kappa shape index (κ1) is 20.6. The third-order valence-corrected chi connectivity index (χ3v) is 5.68. The second-order valence-corrected chi connectivity index (χ2v) is 8.19. The zero-order valence-corrected chi connectivity index (χ0v) is 18.2. The van der Waals surface area contributed by atoms with Crippen LogP contribution in [0, 0.1) is 19.7 Å². The van der Waals surface area contributed by atoms with E-state index in [9.17, 15) is 4.39 Å². The topological polar surface area (TPSA) is 83.4 Å². The van der Waals surface area contributed by atoms with E-state index < -0.39 is 0 Å². The Kier molecular flexibility index (Phi) is 5.59. The molecule has 0 atom stereocenters. The van der Waals surface area contributed by atoms with E-state index >= 15 is 0 Å². The highest BCUT2D eigenvalue weighted by atomic mass is 19.1. The summed E-state index contributed by atoms with van der Waals surface area (Å²) in [4.78, 5) is 7.22. The molecule has 0 amide bonds. The molecule has 0 aliphatic carbocycles. The van der Waals surface area contributed by atoms with Gasteiger partial charge in [-0.1, -0.05) is 12.1 Å². The minimum Gasteiger partial charge on any atom is -0.379 e.